The summed E-state index contributed by atoms with van der Waals surface area (Å²) in [5.74, 6) is 0.516. The van der Waals surface area contributed by atoms with Gasteiger partial charge in [0.25, 0.3) is 5.91 Å². The van der Waals surface area contributed by atoms with Gasteiger partial charge < -0.3 is 10.1 Å². The Morgan fingerprint density at radius 2 is 2.56 bits per heavy atom. The van der Waals surface area contributed by atoms with Crippen LogP contribution in [-0.2, 0) is 13.1 Å². The predicted molar refractivity (Wildman–Crippen MR) is 65.7 cm³/mol. The van der Waals surface area contributed by atoms with E-state index in [1.54, 1.807) is 10.9 Å². The third-order valence-corrected chi connectivity index (χ3v) is 3.55. The molecule has 0 aromatic carbocycles. The van der Waals surface area contributed by atoms with Gasteiger partial charge in [-0.15, -0.1) is 11.3 Å². The van der Waals surface area contributed by atoms with E-state index < -0.39 is 0 Å². The molecular formula is C11H12N4O2S. The topological polar surface area (TPSA) is 69.0 Å². The van der Waals surface area contributed by atoms with E-state index in [0.29, 0.717) is 31.3 Å². The highest BCUT2D eigenvalue weighted by Gasteiger charge is 2.24. The molecule has 1 N–H and O–H groups in total. The molecule has 0 radical (unpaired) electrons. The second-order valence-corrected chi connectivity index (χ2v) is 4.94. The fraction of sp³-hybridized carbons (Fsp3) is 0.364. The summed E-state index contributed by atoms with van der Waals surface area (Å²) in [4.78, 5) is 16.1. The van der Waals surface area contributed by atoms with Crippen LogP contribution >= 0.6 is 11.3 Å². The van der Waals surface area contributed by atoms with E-state index in [4.69, 9.17) is 4.74 Å². The summed E-state index contributed by atoms with van der Waals surface area (Å²) < 4.78 is 7.15. The second kappa shape index (κ2) is 4.41. The number of aromatic nitrogens is 3. The minimum absolute atomic E-state index is 0.187. The highest BCUT2D eigenvalue weighted by Crippen LogP contribution is 2.25. The third kappa shape index (κ3) is 1.86. The van der Waals surface area contributed by atoms with Gasteiger partial charge in [-0.3, -0.25) is 4.79 Å². The Morgan fingerprint density at radius 3 is 3.28 bits per heavy atom. The maximum atomic E-state index is 12.0. The SMILES string of the molecule is Cc1c(C(=O)NCc2nccs2)nn2c1OCC2. The van der Waals surface area contributed by atoms with Crippen LogP contribution in [0.5, 0.6) is 5.88 Å². The highest BCUT2D eigenvalue weighted by atomic mass is 32.1. The van der Waals surface area contributed by atoms with Crippen molar-refractivity contribution in [1.82, 2.24) is 20.1 Å². The van der Waals surface area contributed by atoms with Crippen LogP contribution in [0.4, 0.5) is 0 Å². The Hall–Kier alpha value is -1.89. The summed E-state index contributed by atoms with van der Waals surface area (Å²) >= 11 is 1.51. The molecule has 0 aliphatic carbocycles. The van der Waals surface area contributed by atoms with Crippen molar-refractivity contribution in [1.29, 1.82) is 0 Å². The van der Waals surface area contributed by atoms with E-state index in [9.17, 15) is 4.79 Å². The molecule has 2 aromatic rings. The molecular weight excluding hydrogens is 252 g/mol. The molecule has 18 heavy (non-hydrogen) atoms. The summed E-state index contributed by atoms with van der Waals surface area (Å²) in [5, 5.41) is 9.82. The monoisotopic (exact) mass is 264 g/mol. The van der Waals surface area contributed by atoms with Gasteiger partial charge in [0.15, 0.2) is 5.69 Å². The van der Waals surface area contributed by atoms with E-state index in [2.05, 4.69) is 15.4 Å². The molecule has 0 spiro atoms. The lowest BCUT2D eigenvalue weighted by Gasteiger charge is -2.01. The van der Waals surface area contributed by atoms with Gasteiger partial charge in [0.2, 0.25) is 5.88 Å². The first-order chi connectivity index (χ1) is 8.75. The van der Waals surface area contributed by atoms with Crippen molar-refractivity contribution in [3.8, 4) is 5.88 Å². The van der Waals surface area contributed by atoms with Crippen LogP contribution in [0.15, 0.2) is 11.6 Å². The number of hydrogen-bond donors (Lipinski definition) is 1. The minimum atomic E-state index is -0.187. The second-order valence-electron chi connectivity index (χ2n) is 3.96. The molecule has 1 aliphatic rings. The van der Waals surface area contributed by atoms with Crippen molar-refractivity contribution >= 4 is 17.2 Å². The van der Waals surface area contributed by atoms with Crippen molar-refractivity contribution in [2.24, 2.45) is 0 Å². The van der Waals surface area contributed by atoms with E-state index in [0.717, 1.165) is 10.6 Å². The molecule has 0 saturated carbocycles. The molecule has 2 aromatic heterocycles. The van der Waals surface area contributed by atoms with Gasteiger partial charge in [-0.25, -0.2) is 9.67 Å². The smallest absolute Gasteiger partial charge is 0.272 e. The van der Waals surface area contributed by atoms with Crippen LogP contribution in [0.25, 0.3) is 0 Å². The zero-order chi connectivity index (χ0) is 12.5. The van der Waals surface area contributed by atoms with Gasteiger partial charge in [0.1, 0.15) is 11.6 Å². The number of rotatable bonds is 3. The number of ether oxygens (including phenoxy) is 1. The highest BCUT2D eigenvalue weighted by molar-refractivity contribution is 7.09. The Labute approximate surface area is 108 Å². The van der Waals surface area contributed by atoms with E-state index in [1.807, 2.05) is 12.3 Å². The van der Waals surface area contributed by atoms with Crippen LogP contribution in [0.3, 0.4) is 0 Å². The predicted octanol–water partition coefficient (Wildman–Crippen LogP) is 0.970. The molecule has 3 heterocycles. The fourth-order valence-corrected chi connectivity index (χ4v) is 2.45. The maximum Gasteiger partial charge on any atom is 0.272 e. The van der Waals surface area contributed by atoms with Crippen molar-refractivity contribution < 1.29 is 9.53 Å². The molecule has 1 amide bonds. The number of nitrogens with one attached hydrogen (secondary N) is 1. The molecule has 6 nitrogen and oxygen atoms in total. The Kier molecular flexibility index (Phi) is 2.75. The number of hydrogen-bond acceptors (Lipinski definition) is 5. The molecule has 3 rings (SSSR count). The zero-order valence-electron chi connectivity index (χ0n) is 9.84. The standard InChI is InChI=1S/C11H12N4O2S/c1-7-9(14-15-3-4-17-11(7)15)10(16)13-6-8-12-2-5-18-8/h2,5H,3-4,6H2,1H3,(H,13,16). The lowest BCUT2D eigenvalue weighted by Crippen LogP contribution is -2.24. The van der Waals surface area contributed by atoms with Crippen LogP contribution in [0.2, 0.25) is 0 Å². The summed E-state index contributed by atoms with van der Waals surface area (Å²) in [7, 11) is 0. The van der Waals surface area contributed by atoms with Gasteiger partial charge in [-0.2, -0.15) is 5.10 Å². The summed E-state index contributed by atoms with van der Waals surface area (Å²) in [6.45, 7) is 3.61. The summed E-state index contributed by atoms with van der Waals surface area (Å²) in [5.41, 5.74) is 1.23. The molecule has 1 aliphatic heterocycles. The van der Waals surface area contributed by atoms with Crippen molar-refractivity contribution in [2.75, 3.05) is 6.61 Å². The Bertz CT molecular complexity index is 576. The third-order valence-electron chi connectivity index (χ3n) is 2.77. The van der Waals surface area contributed by atoms with Gasteiger partial charge in [0, 0.05) is 17.1 Å². The molecule has 0 bridgehead atoms. The fourth-order valence-electron chi connectivity index (χ4n) is 1.89. The number of carbonyl (C=O) groups is 1. The first kappa shape index (κ1) is 11.2. The number of fused-ring (bicyclic) bond motifs is 1. The molecule has 0 saturated heterocycles. The Morgan fingerprint density at radius 1 is 1.67 bits per heavy atom. The number of amides is 1. The number of nitrogens with zero attached hydrogens (tertiary/aromatic N) is 3. The average Bonchev–Trinajstić information content (AvgIpc) is 3.05. The zero-order valence-corrected chi connectivity index (χ0v) is 10.7. The van der Waals surface area contributed by atoms with Gasteiger partial charge in [-0.05, 0) is 6.92 Å². The van der Waals surface area contributed by atoms with E-state index in [-0.39, 0.29) is 5.91 Å². The normalized spacial score (nSPS) is 13.2. The molecule has 0 fully saturated rings. The Balaban J connectivity index is 1.73. The van der Waals surface area contributed by atoms with E-state index in [1.165, 1.54) is 11.3 Å². The van der Waals surface area contributed by atoms with Gasteiger partial charge >= 0.3 is 0 Å². The first-order valence-corrected chi connectivity index (χ1v) is 6.50. The largest absolute Gasteiger partial charge is 0.476 e. The lowest BCUT2D eigenvalue weighted by atomic mass is 10.2. The number of carbonyl (C=O) groups excluding carboxylic acids is 1. The van der Waals surface area contributed by atoms with Crippen molar-refractivity contribution in [2.45, 2.75) is 20.0 Å². The first-order valence-electron chi connectivity index (χ1n) is 5.62. The summed E-state index contributed by atoms with van der Waals surface area (Å²) in [6, 6.07) is 0. The van der Waals surface area contributed by atoms with Crippen molar-refractivity contribution in [3.63, 3.8) is 0 Å². The maximum absolute atomic E-state index is 12.0. The van der Waals surface area contributed by atoms with Gasteiger partial charge in [-0.1, -0.05) is 0 Å². The van der Waals surface area contributed by atoms with Gasteiger partial charge in [0.05, 0.1) is 13.1 Å². The average molecular weight is 264 g/mol. The van der Waals surface area contributed by atoms with Crippen LogP contribution in [0, 0.1) is 6.92 Å². The lowest BCUT2D eigenvalue weighted by molar-refractivity contribution is 0.0944. The molecule has 0 atom stereocenters. The van der Waals surface area contributed by atoms with E-state index >= 15 is 0 Å². The molecule has 7 heteroatoms. The minimum Gasteiger partial charge on any atom is -0.476 e. The van der Waals surface area contributed by atoms with Crippen LogP contribution in [0.1, 0.15) is 21.1 Å². The number of thiazole rings is 1. The van der Waals surface area contributed by atoms with Crippen LogP contribution in [-0.4, -0.2) is 27.3 Å². The quantitative estimate of drug-likeness (QED) is 0.897. The summed E-state index contributed by atoms with van der Waals surface area (Å²) in [6.07, 6.45) is 1.72. The molecule has 0 unspecified atom stereocenters. The van der Waals surface area contributed by atoms with Crippen LogP contribution < -0.4 is 10.1 Å². The van der Waals surface area contributed by atoms with Crippen molar-refractivity contribution in [3.05, 3.63) is 27.8 Å². The molecule has 94 valence electrons.